The van der Waals surface area contributed by atoms with Crippen LogP contribution in [-0.4, -0.2) is 43.1 Å². The van der Waals surface area contributed by atoms with Gasteiger partial charge in [-0.05, 0) is 50.1 Å². The Bertz CT molecular complexity index is 914. The summed E-state index contributed by atoms with van der Waals surface area (Å²) in [5.41, 5.74) is 1.41. The van der Waals surface area contributed by atoms with Gasteiger partial charge in [-0.3, -0.25) is 14.9 Å². The van der Waals surface area contributed by atoms with Gasteiger partial charge < -0.3 is 19.1 Å². The first-order chi connectivity index (χ1) is 13.9. The molecule has 8 nitrogen and oxygen atoms in total. The van der Waals surface area contributed by atoms with Crippen LogP contribution in [0.25, 0.3) is 0 Å². The maximum Gasteiger partial charge on any atom is 0.272 e. The smallest absolute Gasteiger partial charge is 0.272 e. The molecule has 1 heterocycles. The lowest BCUT2D eigenvalue weighted by molar-refractivity contribution is -0.385. The van der Waals surface area contributed by atoms with Crippen molar-refractivity contribution < 1.29 is 23.9 Å². The third-order valence-electron chi connectivity index (χ3n) is 5.10. The van der Waals surface area contributed by atoms with Gasteiger partial charge in [-0.25, -0.2) is 0 Å². The van der Waals surface area contributed by atoms with Crippen LogP contribution in [0.5, 0.6) is 17.2 Å². The van der Waals surface area contributed by atoms with Gasteiger partial charge in [0.05, 0.1) is 25.2 Å². The zero-order valence-electron chi connectivity index (χ0n) is 16.7. The number of nitro benzene ring substituents is 1. The fourth-order valence-corrected chi connectivity index (χ4v) is 3.64. The van der Waals surface area contributed by atoms with E-state index in [1.807, 2.05) is 18.2 Å². The molecule has 0 aliphatic carbocycles. The Balaban J connectivity index is 1.72. The van der Waals surface area contributed by atoms with Crippen LogP contribution in [0.4, 0.5) is 5.69 Å². The second-order valence-electron chi connectivity index (χ2n) is 6.85. The van der Waals surface area contributed by atoms with E-state index in [2.05, 4.69) is 0 Å². The molecule has 1 amide bonds. The summed E-state index contributed by atoms with van der Waals surface area (Å²) in [7, 11) is 3.20. The van der Waals surface area contributed by atoms with Crippen molar-refractivity contribution in [1.29, 1.82) is 0 Å². The summed E-state index contributed by atoms with van der Waals surface area (Å²) in [6.45, 7) is 2.13. The molecule has 0 bridgehead atoms. The minimum Gasteiger partial charge on any atom is -0.497 e. The monoisotopic (exact) mass is 400 g/mol. The largest absolute Gasteiger partial charge is 0.497 e. The first-order valence-corrected chi connectivity index (χ1v) is 9.34. The Morgan fingerprint density at radius 2 is 1.93 bits per heavy atom. The number of carbonyl (C=O) groups excluding carboxylic acids is 1. The van der Waals surface area contributed by atoms with E-state index >= 15 is 0 Å². The molecule has 2 aromatic carbocycles. The van der Waals surface area contributed by atoms with Crippen molar-refractivity contribution >= 4 is 11.6 Å². The van der Waals surface area contributed by atoms with Gasteiger partial charge in [-0.15, -0.1) is 0 Å². The van der Waals surface area contributed by atoms with E-state index < -0.39 is 4.92 Å². The maximum atomic E-state index is 12.8. The molecular weight excluding hydrogens is 376 g/mol. The van der Waals surface area contributed by atoms with E-state index in [1.165, 1.54) is 12.1 Å². The highest BCUT2D eigenvalue weighted by molar-refractivity contribution is 5.78. The van der Waals surface area contributed by atoms with Crippen LogP contribution in [0.2, 0.25) is 0 Å². The molecule has 1 aliphatic heterocycles. The summed E-state index contributed by atoms with van der Waals surface area (Å²) < 4.78 is 16.4. The van der Waals surface area contributed by atoms with Gasteiger partial charge >= 0.3 is 0 Å². The molecule has 1 fully saturated rings. The van der Waals surface area contributed by atoms with E-state index in [0.717, 1.165) is 18.4 Å². The Morgan fingerprint density at radius 1 is 1.17 bits per heavy atom. The first kappa shape index (κ1) is 20.4. The van der Waals surface area contributed by atoms with Gasteiger partial charge in [0, 0.05) is 23.7 Å². The van der Waals surface area contributed by atoms with Gasteiger partial charge in [-0.2, -0.15) is 0 Å². The van der Waals surface area contributed by atoms with Gasteiger partial charge in [0.25, 0.3) is 11.6 Å². The molecule has 1 aliphatic rings. The minimum atomic E-state index is -0.444. The van der Waals surface area contributed by atoms with Gasteiger partial charge in [0.15, 0.2) is 6.61 Å². The summed E-state index contributed by atoms with van der Waals surface area (Å²) >= 11 is 0. The molecule has 1 unspecified atom stereocenters. The SMILES string of the molecule is COc1ccc(OC)c(C2CCCN2C(=O)COc2ccc([N+](=O)[O-])c(C)c2)c1. The molecule has 8 heteroatoms. The molecule has 1 saturated heterocycles. The van der Waals surface area contributed by atoms with Crippen molar-refractivity contribution in [3.05, 3.63) is 57.6 Å². The molecule has 0 spiro atoms. The van der Waals surface area contributed by atoms with Crippen molar-refractivity contribution in [2.75, 3.05) is 27.4 Å². The Morgan fingerprint density at radius 3 is 2.59 bits per heavy atom. The van der Waals surface area contributed by atoms with Crippen LogP contribution >= 0.6 is 0 Å². The zero-order chi connectivity index (χ0) is 21.0. The van der Waals surface area contributed by atoms with Gasteiger partial charge in [0.2, 0.25) is 0 Å². The van der Waals surface area contributed by atoms with Crippen molar-refractivity contribution in [2.45, 2.75) is 25.8 Å². The Labute approximate surface area is 169 Å². The van der Waals surface area contributed by atoms with Gasteiger partial charge in [-0.1, -0.05) is 0 Å². The van der Waals surface area contributed by atoms with E-state index in [1.54, 1.807) is 32.1 Å². The highest BCUT2D eigenvalue weighted by Gasteiger charge is 2.32. The molecule has 29 heavy (non-hydrogen) atoms. The lowest BCUT2D eigenvalue weighted by Gasteiger charge is -2.26. The van der Waals surface area contributed by atoms with E-state index in [0.29, 0.717) is 29.4 Å². The summed E-state index contributed by atoms with van der Waals surface area (Å²) in [6, 6.07) is 9.90. The number of carbonyl (C=O) groups is 1. The van der Waals surface area contributed by atoms with E-state index in [-0.39, 0.29) is 24.2 Å². The maximum absolute atomic E-state index is 12.8. The van der Waals surface area contributed by atoms with Crippen molar-refractivity contribution in [2.24, 2.45) is 0 Å². The summed E-state index contributed by atoms with van der Waals surface area (Å²) in [4.78, 5) is 25.1. The van der Waals surface area contributed by atoms with Crippen LogP contribution in [0.15, 0.2) is 36.4 Å². The third-order valence-corrected chi connectivity index (χ3v) is 5.10. The fraction of sp³-hybridized carbons (Fsp3) is 0.381. The average Bonchev–Trinajstić information content (AvgIpc) is 3.21. The van der Waals surface area contributed by atoms with Crippen LogP contribution in [0.1, 0.15) is 30.0 Å². The topological polar surface area (TPSA) is 91.1 Å². The lowest BCUT2D eigenvalue weighted by Crippen LogP contribution is -2.34. The normalized spacial score (nSPS) is 15.8. The van der Waals surface area contributed by atoms with Crippen LogP contribution in [0.3, 0.4) is 0 Å². The molecule has 0 aromatic heterocycles. The summed E-state index contributed by atoms with van der Waals surface area (Å²) in [5.74, 6) is 1.70. The van der Waals surface area contributed by atoms with Crippen molar-refractivity contribution in [3.8, 4) is 17.2 Å². The van der Waals surface area contributed by atoms with Gasteiger partial charge in [0.1, 0.15) is 17.2 Å². The standard InChI is InChI=1S/C21H24N2O6/c1-14-11-16(6-8-18(14)23(25)26)29-13-21(24)22-10-4-5-19(22)17-12-15(27-2)7-9-20(17)28-3/h6-9,11-12,19H,4-5,10,13H2,1-3H3. The zero-order valence-corrected chi connectivity index (χ0v) is 16.7. The number of likely N-dealkylation sites (tertiary alicyclic amines) is 1. The number of nitro groups is 1. The van der Waals surface area contributed by atoms with E-state index in [4.69, 9.17) is 14.2 Å². The van der Waals surface area contributed by atoms with Crippen molar-refractivity contribution in [1.82, 2.24) is 4.90 Å². The number of hydrogen-bond acceptors (Lipinski definition) is 6. The molecular formula is C21H24N2O6. The number of rotatable bonds is 7. The number of aryl methyl sites for hydroxylation is 1. The molecule has 0 saturated carbocycles. The molecule has 0 radical (unpaired) electrons. The lowest BCUT2D eigenvalue weighted by atomic mass is 10.0. The number of nitrogens with zero attached hydrogens (tertiary/aromatic N) is 2. The molecule has 1 atom stereocenters. The first-order valence-electron chi connectivity index (χ1n) is 9.34. The Kier molecular flexibility index (Phi) is 6.21. The van der Waals surface area contributed by atoms with Crippen molar-refractivity contribution in [3.63, 3.8) is 0 Å². The molecule has 3 rings (SSSR count). The van der Waals surface area contributed by atoms with Crippen LogP contribution < -0.4 is 14.2 Å². The number of ether oxygens (including phenoxy) is 3. The second kappa shape index (κ2) is 8.81. The Hall–Kier alpha value is -3.29. The van der Waals surface area contributed by atoms with E-state index in [9.17, 15) is 14.9 Å². The number of benzene rings is 2. The highest BCUT2D eigenvalue weighted by atomic mass is 16.6. The van der Waals surface area contributed by atoms with Crippen LogP contribution in [-0.2, 0) is 4.79 Å². The third kappa shape index (κ3) is 4.42. The predicted molar refractivity (Wildman–Crippen MR) is 107 cm³/mol. The minimum absolute atomic E-state index is 0.0217. The fourth-order valence-electron chi connectivity index (χ4n) is 3.64. The number of methoxy groups -OCH3 is 2. The molecule has 154 valence electrons. The second-order valence-corrected chi connectivity index (χ2v) is 6.85. The predicted octanol–water partition coefficient (Wildman–Crippen LogP) is 3.66. The average molecular weight is 400 g/mol. The number of amides is 1. The molecule has 2 aromatic rings. The number of hydrogen-bond donors (Lipinski definition) is 0. The highest BCUT2D eigenvalue weighted by Crippen LogP contribution is 2.39. The van der Waals surface area contributed by atoms with Crippen LogP contribution in [0, 0.1) is 17.0 Å². The summed E-state index contributed by atoms with van der Waals surface area (Å²) in [6.07, 6.45) is 1.71. The molecule has 0 N–H and O–H groups in total. The summed E-state index contributed by atoms with van der Waals surface area (Å²) in [5, 5.41) is 10.9. The quantitative estimate of drug-likeness (QED) is 0.520.